The fourth-order valence-electron chi connectivity index (χ4n) is 2.46. The molecule has 21 heavy (non-hydrogen) atoms. The third-order valence-electron chi connectivity index (χ3n) is 3.77. The quantitative estimate of drug-likeness (QED) is 0.765. The predicted molar refractivity (Wildman–Crippen MR) is 81.0 cm³/mol. The van der Waals surface area contributed by atoms with E-state index in [0.29, 0.717) is 39.3 Å². The van der Waals surface area contributed by atoms with E-state index in [-0.39, 0.29) is 5.91 Å². The van der Waals surface area contributed by atoms with Crippen molar-refractivity contribution in [3.8, 4) is 0 Å². The Kier molecular flexibility index (Phi) is 5.14. The van der Waals surface area contributed by atoms with Crippen LogP contribution in [0.3, 0.4) is 0 Å². The molecule has 1 fully saturated rings. The molecular weight excluding hydrogens is 268 g/mol. The van der Waals surface area contributed by atoms with Crippen molar-refractivity contribution in [2.45, 2.75) is 13.8 Å². The first kappa shape index (κ1) is 15.3. The van der Waals surface area contributed by atoms with Crippen molar-refractivity contribution in [3.05, 3.63) is 24.4 Å². The summed E-state index contributed by atoms with van der Waals surface area (Å²) in [5.74, 6) is 0.130. The van der Waals surface area contributed by atoms with Gasteiger partial charge in [0.05, 0.1) is 0 Å². The Morgan fingerprint density at radius 3 is 2.33 bits per heavy atom. The summed E-state index contributed by atoms with van der Waals surface area (Å²) in [5.41, 5.74) is 0. The number of aromatic nitrogens is 1. The lowest BCUT2D eigenvalue weighted by atomic mass is 10.3. The van der Waals surface area contributed by atoms with Crippen LogP contribution >= 0.6 is 0 Å². The van der Waals surface area contributed by atoms with Gasteiger partial charge in [0.1, 0.15) is 5.82 Å². The van der Waals surface area contributed by atoms with Gasteiger partial charge in [-0.2, -0.15) is 0 Å². The van der Waals surface area contributed by atoms with E-state index in [1.165, 1.54) is 0 Å². The zero-order chi connectivity index (χ0) is 15.2. The van der Waals surface area contributed by atoms with Crippen molar-refractivity contribution in [1.29, 1.82) is 0 Å². The molecule has 0 unspecified atom stereocenters. The Balaban J connectivity index is 1.92. The van der Waals surface area contributed by atoms with Crippen molar-refractivity contribution in [3.63, 3.8) is 0 Å². The normalized spacial score (nSPS) is 15.0. The molecule has 0 N–H and O–H groups in total. The van der Waals surface area contributed by atoms with Crippen LogP contribution in [0, 0.1) is 0 Å². The maximum Gasteiger partial charge on any atom is 0.312 e. The molecule has 0 aliphatic carbocycles. The minimum atomic E-state index is -0.397. The van der Waals surface area contributed by atoms with Crippen LogP contribution in [-0.4, -0.2) is 65.9 Å². The van der Waals surface area contributed by atoms with Gasteiger partial charge in [0.15, 0.2) is 0 Å². The van der Waals surface area contributed by atoms with Crippen molar-refractivity contribution in [1.82, 2.24) is 14.8 Å². The van der Waals surface area contributed by atoms with Crippen LogP contribution in [0.4, 0.5) is 5.82 Å². The number of rotatable bonds is 3. The number of piperazine rings is 1. The Morgan fingerprint density at radius 2 is 1.81 bits per heavy atom. The lowest BCUT2D eigenvalue weighted by Gasteiger charge is -2.35. The van der Waals surface area contributed by atoms with Crippen molar-refractivity contribution in [2.24, 2.45) is 0 Å². The highest BCUT2D eigenvalue weighted by molar-refractivity contribution is 6.34. The van der Waals surface area contributed by atoms with Gasteiger partial charge >= 0.3 is 11.8 Å². The lowest BCUT2D eigenvalue weighted by molar-refractivity contribution is -0.151. The molecular formula is C15H22N4O2. The zero-order valence-corrected chi connectivity index (χ0v) is 12.7. The number of likely N-dealkylation sites (N-methyl/N-ethyl adjacent to an activating group) is 1. The number of hydrogen-bond acceptors (Lipinski definition) is 4. The third kappa shape index (κ3) is 3.51. The minimum absolute atomic E-state index is 0.389. The van der Waals surface area contributed by atoms with E-state index in [4.69, 9.17) is 0 Å². The molecule has 1 aromatic heterocycles. The van der Waals surface area contributed by atoms with Gasteiger partial charge < -0.3 is 14.7 Å². The summed E-state index contributed by atoms with van der Waals surface area (Å²) in [6.07, 6.45) is 1.76. The summed E-state index contributed by atoms with van der Waals surface area (Å²) in [5, 5.41) is 0. The number of nitrogens with zero attached hydrogens (tertiary/aromatic N) is 4. The molecule has 2 amide bonds. The molecule has 1 saturated heterocycles. The fraction of sp³-hybridized carbons (Fsp3) is 0.533. The van der Waals surface area contributed by atoms with Crippen LogP contribution < -0.4 is 4.90 Å². The summed E-state index contributed by atoms with van der Waals surface area (Å²) in [7, 11) is 0. The van der Waals surface area contributed by atoms with Gasteiger partial charge in [0.25, 0.3) is 0 Å². The van der Waals surface area contributed by atoms with Crippen molar-refractivity contribution >= 4 is 17.6 Å². The molecule has 114 valence electrons. The second-order valence-electron chi connectivity index (χ2n) is 4.94. The van der Waals surface area contributed by atoms with Gasteiger partial charge in [0, 0.05) is 45.5 Å². The molecule has 2 heterocycles. The number of carbonyl (C=O) groups is 2. The van der Waals surface area contributed by atoms with Crippen LogP contribution in [0.5, 0.6) is 0 Å². The second kappa shape index (κ2) is 7.06. The average molecular weight is 290 g/mol. The smallest absolute Gasteiger partial charge is 0.312 e. The molecule has 6 heteroatoms. The number of pyridine rings is 1. The highest BCUT2D eigenvalue weighted by Crippen LogP contribution is 2.12. The molecule has 0 atom stereocenters. The van der Waals surface area contributed by atoms with E-state index < -0.39 is 5.91 Å². The molecule has 1 aliphatic rings. The minimum Gasteiger partial charge on any atom is -0.353 e. The summed E-state index contributed by atoms with van der Waals surface area (Å²) in [4.78, 5) is 33.9. The summed E-state index contributed by atoms with van der Waals surface area (Å²) < 4.78 is 0. The van der Waals surface area contributed by atoms with E-state index in [1.54, 1.807) is 16.0 Å². The first-order chi connectivity index (χ1) is 10.2. The van der Waals surface area contributed by atoms with E-state index in [1.807, 2.05) is 32.0 Å². The molecule has 0 radical (unpaired) electrons. The molecule has 0 aromatic carbocycles. The summed E-state index contributed by atoms with van der Waals surface area (Å²) in [6, 6.07) is 5.79. The van der Waals surface area contributed by atoms with Crippen molar-refractivity contribution < 1.29 is 9.59 Å². The van der Waals surface area contributed by atoms with Gasteiger partial charge in [-0.05, 0) is 26.0 Å². The molecule has 6 nitrogen and oxygen atoms in total. The first-order valence-electron chi connectivity index (χ1n) is 7.41. The van der Waals surface area contributed by atoms with Crippen LogP contribution in [0.25, 0.3) is 0 Å². The molecule has 0 spiro atoms. The van der Waals surface area contributed by atoms with E-state index in [2.05, 4.69) is 9.88 Å². The zero-order valence-electron chi connectivity index (χ0n) is 12.7. The largest absolute Gasteiger partial charge is 0.353 e. The van der Waals surface area contributed by atoms with E-state index in [9.17, 15) is 9.59 Å². The van der Waals surface area contributed by atoms with Crippen LogP contribution in [0.15, 0.2) is 24.4 Å². The van der Waals surface area contributed by atoms with Crippen molar-refractivity contribution in [2.75, 3.05) is 44.2 Å². The van der Waals surface area contributed by atoms with Gasteiger partial charge in [0.2, 0.25) is 0 Å². The number of anilines is 1. The number of amides is 2. The van der Waals surface area contributed by atoms with Crippen LogP contribution in [-0.2, 0) is 9.59 Å². The standard InChI is InChI=1S/C15H22N4O2/c1-3-17(4-2)14(20)15(21)19-11-9-18(10-12-19)13-7-5-6-8-16-13/h5-8H,3-4,9-12H2,1-2H3. The van der Waals surface area contributed by atoms with Gasteiger partial charge in [-0.3, -0.25) is 9.59 Å². The summed E-state index contributed by atoms with van der Waals surface area (Å²) in [6.45, 7) is 7.42. The van der Waals surface area contributed by atoms with E-state index >= 15 is 0 Å². The molecule has 2 rings (SSSR count). The maximum atomic E-state index is 12.2. The Bertz CT molecular complexity index is 480. The first-order valence-corrected chi connectivity index (χ1v) is 7.41. The van der Waals surface area contributed by atoms with Crippen LogP contribution in [0.1, 0.15) is 13.8 Å². The van der Waals surface area contributed by atoms with Crippen LogP contribution in [0.2, 0.25) is 0 Å². The molecule has 0 saturated carbocycles. The second-order valence-corrected chi connectivity index (χ2v) is 4.94. The molecule has 1 aliphatic heterocycles. The fourth-order valence-corrected chi connectivity index (χ4v) is 2.46. The Morgan fingerprint density at radius 1 is 1.14 bits per heavy atom. The highest BCUT2D eigenvalue weighted by atomic mass is 16.2. The topological polar surface area (TPSA) is 56.8 Å². The molecule has 1 aromatic rings. The number of hydrogen-bond donors (Lipinski definition) is 0. The van der Waals surface area contributed by atoms with E-state index in [0.717, 1.165) is 5.82 Å². The SMILES string of the molecule is CCN(CC)C(=O)C(=O)N1CCN(c2ccccn2)CC1. The van der Waals surface area contributed by atoms with Gasteiger partial charge in [-0.25, -0.2) is 4.98 Å². The highest BCUT2D eigenvalue weighted by Gasteiger charge is 2.28. The predicted octanol–water partition coefficient (Wildman–Crippen LogP) is 0.599. The Hall–Kier alpha value is -2.11. The monoisotopic (exact) mass is 290 g/mol. The average Bonchev–Trinajstić information content (AvgIpc) is 2.56. The van der Waals surface area contributed by atoms with Gasteiger partial charge in [-0.1, -0.05) is 6.07 Å². The maximum absolute atomic E-state index is 12.2. The Labute approximate surface area is 125 Å². The molecule has 0 bridgehead atoms. The number of carbonyl (C=O) groups excluding carboxylic acids is 2. The van der Waals surface area contributed by atoms with Gasteiger partial charge in [-0.15, -0.1) is 0 Å². The lowest BCUT2D eigenvalue weighted by Crippen LogP contribution is -2.53. The third-order valence-corrected chi connectivity index (χ3v) is 3.77. The summed E-state index contributed by atoms with van der Waals surface area (Å²) >= 11 is 0.